The van der Waals surface area contributed by atoms with Crippen LogP contribution in [-0.2, 0) is 9.59 Å². The van der Waals surface area contributed by atoms with Gasteiger partial charge < -0.3 is 0 Å². The first-order chi connectivity index (χ1) is 9.06. The molecule has 19 heavy (non-hydrogen) atoms. The summed E-state index contributed by atoms with van der Waals surface area (Å²) < 4.78 is 1.61. The molecular weight excluding hydrogens is 244 g/mol. The molecule has 98 valence electrons. The Hall–Kier alpha value is -2.24. The molecule has 6 heteroatoms. The van der Waals surface area contributed by atoms with Crippen LogP contribution in [0.3, 0.4) is 0 Å². The van der Waals surface area contributed by atoms with Crippen LogP contribution in [0.1, 0.15) is 30.0 Å². The molecule has 2 heterocycles. The van der Waals surface area contributed by atoms with Gasteiger partial charge in [0, 0.05) is 6.42 Å². The SMILES string of the molecule is Cc1cc2nnn(C3CCC(=O)NC3=O)c2cc1C. The van der Waals surface area contributed by atoms with Crippen molar-refractivity contribution in [3.63, 3.8) is 0 Å². The second kappa shape index (κ2) is 4.15. The van der Waals surface area contributed by atoms with Crippen LogP contribution in [0.25, 0.3) is 11.0 Å². The summed E-state index contributed by atoms with van der Waals surface area (Å²) in [5, 5.41) is 10.5. The van der Waals surface area contributed by atoms with Gasteiger partial charge in [-0.15, -0.1) is 5.10 Å². The Bertz CT molecular complexity index is 689. The maximum atomic E-state index is 11.9. The number of rotatable bonds is 1. The fourth-order valence-corrected chi connectivity index (χ4v) is 2.34. The molecule has 6 nitrogen and oxygen atoms in total. The van der Waals surface area contributed by atoms with Gasteiger partial charge in [-0.3, -0.25) is 14.9 Å². The summed E-state index contributed by atoms with van der Waals surface area (Å²) in [5.41, 5.74) is 3.87. The predicted molar refractivity (Wildman–Crippen MR) is 68.4 cm³/mol. The summed E-state index contributed by atoms with van der Waals surface area (Å²) >= 11 is 0. The first kappa shape index (κ1) is 11.8. The van der Waals surface area contributed by atoms with Crippen LogP contribution in [0, 0.1) is 13.8 Å². The highest BCUT2D eigenvalue weighted by Crippen LogP contribution is 2.24. The van der Waals surface area contributed by atoms with Crippen molar-refractivity contribution in [3.8, 4) is 0 Å². The van der Waals surface area contributed by atoms with Gasteiger partial charge >= 0.3 is 0 Å². The molecule has 0 radical (unpaired) electrons. The minimum atomic E-state index is -0.454. The number of hydrogen-bond donors (Lipinski definition) is 1. The number of aromatic nitrogens is 3. The zero-order valence-electron chi connectivity index (χ0n) is 10.8. The van der Waals surface area contributed by atoms with Crippen molar-refractivity contribution in [1.82, 2.24) is 20.3 Å². The number of fused-ring (bicyclic) bond motifs is 1. The molecule has 1 N–H and O–H groups in total. The summed E-state index contributed by atoms with van der Waals surface area (Å²) in [4.78, 5) is 23.1. The van der Waals surface area contributed by atoms with E-state index in [1.807, 2.05) is 26.0 Å². The van der Waals surface area contributed by atoms with E-state index >= 15 is 0 Å². The molecule has 0 saturated carbocycles. The minimum Gasteiger partial charge on any atom is -0.295 e. The number of amides is 2. The van der Waals surface area contributed by atoms with Crippen LogP contribution >= 0.6 is 0 Å². The second-order valence-electron chi connectivity index (χ2n) is 4.93. The number of nitrogens with one attached hydrogen (secondary N) is 1. The van der Waals surface area contributed by atoms with Crippen molar-refractivity contribution in [2.24, 2.45) is 0 Å². The van der Waals surface area contributed by atoms with Gasteiger partial charge in [0.05, 0.1) is 5.52 Å². The highest BCUT2D eigenvalue weighted by molar-refractivity contribution is 5.99. The van der Waals surface area contributed by atoms with Crippen molar-refractivity contribution in [3.05, 3.63) is 23.3 Å². The molecule has 0 spiro atoms. The molecule has 2 aromatic rings. The number of piperidine rings is 1. The molecule has 1 aliphatic rings. The van der Waals surface area contributed by atoms with Gasteiger partial charge in [0.25, 0.3) is 5.91 Å². The zero-order chi connectivity index (χ0) is 13.6. The van der Waals surface area contributed by atoms with E-state index in [0.29, 0.717) is 12.8 Å². The number of hydrogen-bond acceptors (Lipinski definition) is 4. The van der Waals surface area contributed by atoms with Crippen molar-refractivity contribution >= 4 is 22.8 Å². The molecule has 1 aromatic carbocycles. The molecule has 3 rings (SSSR count). The van der Waals surface area contributed by atoms with Gasteiger partial charge in [0.15, 0.2) is 0 Å². The third kappa shape index (κ3) is 1.89. The van der Waals surface area contributed by atoms with Crippen molar-refractivity contribution in [2.45, 2.75) is 32.7 Å². The van der Waals surface area contributed by atoms with Crippen LogP contribution in [0.2, 0.25) is 0 Å². The topological polar surface area (TPSA) is 76.9 Å². The van der Waals surface area contributed by atoms with Gasteiger partial charge in [0.1, 0.15) is 11.6 Å². The minimum absolute atomic E-state index is 0.224. The van der Waals surface area contributed by atoms with Crippen LogP contribution in [0.15, 0.2) is 12.1 Å². The molecule has 2 amide bonds. The van der Waals surface area contributed by atoms with E-state index in [0.717, 1.165) is 22.2 Å². The van der Waals surface area contributed by atoms with E-state index in [9.17, 15) is 9.59 Å². The van der Waals surface area contributed by atoms with Gasteiger partial charge in [-0.1, -0.05) is 5.21 Å². The summed E-state index contributed by atoms with van der Waals surface area (Å²) in [6, 6.07) is 3.49. The molecule has 0 bridgehead atoms. The second-order valence-corrected chi connectivity index (χ2v) is 4.93. The first-order valence-corrected chi connectivity index (χ1v) is 6.22. The Balaban J connectivity index is 2.08. The van der Waals surface area contributed by atoms with Crippen molar-refractivity contribution in [2.75, 3.05) is 0 Å². The fourth-order valence-electron chi connectivity index (χ4n) is 2.34. The molecular formula is C13H14N4O2. The van der Waals surface area contributed by atoms with Crippen LogP contribution < -0.4 is 5.32 Å². The zero-order valence-corrected chi connectivity index (χ0v) is 10.8. The van der Waals surface area contributed by atoms with Crippen molar-refractivity contribution < 1.29 is 9.59 Å². The number of benzene rings is 1. The quantitative estimate of drug-likeness (QED) is 0.775. The Morgan fingerprint density at radius 1 is 1.26 bits per heavy atom. The first-order valence-electron chi connectivity index (χ1n) is 6.22. The maximum absolute atomic E-state index is 11.9. The van der Waals surface area contributed by atoms with Gasteiger partial charge in [0.2, 0.25) is 5.91 Å². The number of imide groups is 1. The predicted octanol–water partition coefficient (Wildman–Crippen LogP) is 1.03. The molecule has 1 saturated heterocycles. The highest BCUT2D eigenvalue weighted by atomic mass is 16.2. The lowest BCUT2D eigenvalue weighted by Gasteiger charge is -2.21. The number of carbonyl (C=O) groups excluding carboxylic acids is 2. The monoisotopic (exact) mass is 258 g/mol. The lowest BCUT2D eigenvalue weighted by atomic mass is 10.1. The normalized spacial score (nSPS) is 19.8. The van der Waals surface area contributed by atoms with Gasteiger partial charge in [-0.05, 0) is 43.5 Å². The lowest BCUT2D eigenvalue weighted by Crippen LogP contribution is -2.42. The average Bonchev–Trinajstić information content (AvgIpc) is 2.73. The molecule has 1 aliphatic heterocycles. The van der Waals surface area contributed by atoms with Gasteiger partial charge in [-0.25, -0.2) is 4.68 Å². The van der Waals surface area contributed by atoms with E-state index in [4.69, 9.17) is 0 Å². The van der Waals surface area contributed by atoms with E-state index < -0.39 is 6.04 Å². The molecule has 1 unspecified atom stereocenters. The lowest BCUT2D eigenvalue weighted by molar-refractivity contribution is -0.135. The Labute approximate surface area is 109 Å². The number of nitrogens with zero attached hydrogens (tertiary/aromatic N) is 3. The largest absolute Gasteiger partial charge is 0.295 e. The molecule has 1 atom stereocenters. The summed E-state index contributed by atoms with van der Waals surface area (Å²) in [7, 11) is 0. The third-order valence-corrected chi connectivity index (χ3v) is 3.59. The molecule has 1 fully saturated rings. The van der Waals surface area contributed by atoms with E-state index in [-0.39, 0.29) is 11.8 Å². The number of aryl methyl sites for hydroxylation is 2. The summed E-state index contributed by atoms with van der Waals surface area (Å²) in [6.45, 7) is 4.02. The fraction of sp³-hybridized carbons (Fsp3) is 0.385. The van der Waals surface area contributed by atoms with E-state index in [2.05, 4.69) is 15.6 Å². The van der Waals surface area contributed by atoms with E-state index in [1.165, 1.54) is 0 Å². The average molecular weight is 258 g/mol. The summed E-state index contributed by atoms with van der Waals surface area (Å²) in [6.07, 6.45) is 0.804. The van der Waals surface area contributed by atoms with Crippen molar-refractivity contribution in [1.29, 1.82) is 0 Å². The maximum Gasteiger partial charge on any atom is 0.251 e. The van der Waals surface area contributed by atoms with Crippen LogP contribution in [0.5, 0.6) is 0 Å². The van der Waals surface area contributed by atoms with E-state index in [1.54, 1.807) is 4.68 Å². The smallest absolute Gasteiger partial charge is 0.251 e. The van der Waals surface area contributed by atoms with Gasteiger partial charge in [-0.2, -0.15) is 0 Å². The Kier molecular flexibility index (Phi) is 2.58. The van der Waals surface area contributed by atoms with Crippen LogP contribution in [-0.4, -0.2) is 26.8 Å². The Morgan fingerprint density at radius 3 is 2.74 bits per heavy atom. The molecule has 0 aliphatic carbocycles. The third-order valence-electron chi connectivity index (χ3n) is 3.59. The summed E-state index contributed by atoms with van der Waals surface area (Å²) in [5.74, 6) is -0.529. The number of carbonyl (C=O) groups is 2. The van der Waals surface area contributed by atoms with Crippen LogP contribution in [0.4, 0.5) is 0 Å². The Morgan fingerprint density at radius 2 is 2.00 bits per heavy atom. The molecule has 1 aromatic heterocycles. The highest BCUT2D eigenvalue weighted by Gasteiger charge is 2.30. The standard InChI is InChI=1S/C13H14N4O2/c1-7-5-9-11(6-8(7)2)17(16-15-9)10-3-4-12(18)14-13(10)19/h5-6,10H,3-4H2,1-2H3,(H,14,18,19).